The predicted molar refractivity (Wildman–Crippen MR) is 132 cm³/mol. The highest BCUT2D eigenvalue weighted by molar-refractivity contribution is 6.53. The van der Waals surface area contributed by atoms with Crippen LogP contribution in [0, 0.1) is 23.6 Å². The molecule has 6 atom stereocenters. The van der Waals surface area contributed by atoms with Crippen molar-refractivity contribution in [2.45, 2.75) is 66.7 Å². The summed E-state index contributed by atoms with van der Waals surface area (Å²) in [6, 6.07) is 3.57. The number of hydrogen-bond acceptors (Lipinski definition) is 5. The van der Waals surface area contributed by atoms with E-state index in [1.165, 1.54) is 18.0 Å². The third-order valence-electron chi connectivity index (χ3n) is 9.29. The molecule has 10 heteroatoms. The second kappa shape index (κ2) is 8.27. The molecular formula is C27H27Cl2FN2O5. The molecule has 2 aliphatic heterocycles. The van der Waals surface area contributed by atoms with Crippen LogP contribution in [0.1, 0.15) is 56.4 Å². The molecule has 2 saturated carbocycles. The molecule has 1 aromatic rings. The Kier molecular flexibility index (Phi) is 5.56. The first-order valence-corrected chi connectivity index (χ1v) is 13.5. The third-order valence-corrected chi connectivity index (χ3v) is 10.7. The van der Waals surface area contributed by atoms with Crippen LogP contribution in [0.3, 0.4) is 0 Å². The van der Waals surface area contributed by atoms with Crippen LogP contribution in [-0.4, -0.2) is 61.4 Å². The summed E-state index contributed by atoms with van der Waals surface area (Å²) in [4.78, 5) is 52.7. The lowest BCUT2D eigenvalue weighted by Gasteiger charge is -2.50. The number of phenolic OH excluding ortho intramolecular Hbond substituents is 1. The lowest BCUT2D eigenvalue weighted by Crippen LogP contribution is -2.60. The van der Waals surface area contributed by atoms with Crippen LogP contribution in [0.15, 0.2) is 29.8 Å². The summed E-state index contributed by atoms with van der Waals surface area (Å²) in [5.41, 5.74) is 0.878. The minimum atomic E-state index is -1.96. The maximum absolute atomic E-state index is 14.5. The van der Waals surface area contributed by atoms with E-state index in [-0.39, 0.29) is 36.3 Å². The summed E-state index contributed by atoms with van der Waals surface area (Å²) >= 11 is 14.1. The van der Waals surface area contributed by atoms with E-state index in [0.29, 0.717) is 5.57 Å². The van der Waals surface area contributed by atoms with E-state index in [9.17, 15) is 28.7 Å². The Bertz CT molecular complexity index is 1280. The lowest BCUT2D eigenvalue weighted by atomic mass is 9.56. The van der Waals surface area contributed by atoms with Gasteiger partial charge in [-0.2, -0.15) is 0 Å². The molecule has 6 rings (SSSR count). The van der Waals surface area contributed by atoms with E-state index in [1.54, 1.807) is 0 Å². The summed E-state index contributed by atoms with van der Waals surface area (Å²) in [6.07, 6.45) is 6.57. The number of allylic oxidation sites excluding steroid dienone is 2. The van der Waals surface area contributed by atoms with Gasteiger partial charge in [0, 0.05) is 19.0 Å². The molecule has 37 heavy (non-hydrogen) atoms. The van der Waals surface area contributed by atoms with E-state index in [4.69, 9.17) is 23.2 Å². The van der Waals surface area contributed by atoms with Gasteiger partial charge in [-0.15, -0.1) is 23.2 Å². The molecule has 0 radical (unpaired) electrons. The van der Waals surface area contributed by atoms with Gasteiger partial charge in [0.05, 0.1) is 11.8 Å². The Morgan fingerprint density at radius 3 is 2.38 bits per heavy atom. The largest absolute Gasteiger partial charge is 0.505 e. The second-order valence-corrected chi connectivity index (χ2v) is 12.3. The fourth-order valence-corrected chi connectivity index (χ4v) is 8.56. The van der Waals surface area contributed by atoms with Gasteiger partial charge < -0.3 is 5.11 Å². The van der Waals surface area contributed by atoms with Crippen molar-refractivity contribution in [1.29, 1.82) is 0 Å². The Labute approximate surface area is 223 Å². The average Bonchev–Trinajstić information content (AvgIpc) is 3.21. The zero-order valence-corrected chi connectivity index (χ0v) is 21.8. The number of hydrogen-bond donors (Lipinski definition) is 1. The van der Waals surface area contributed by atoms with Crippen molar-refractivity contribution in [1.82, 2.24) is 9.80 Å². The maximum atomic E-state index is 14.5. The number of phenols is 1. The van der Waals surface area contributed by atoms with Gasteiger partial charge in [0.25, 0.3) is 11.8 Å². The number of likely N-dealkylation sites (tertiary alicyclic amines) is 2. The number of nitrogens with zero attached hydrogens (tertiary/aromatic N) is 2. The molecule has 0 bridgehead atoms. The van der Waals surface area contributed by atoms with E-state index >= 15 is 0 Å². The molecule has 7 nitrogen and oxygen atoms in total. The van der Waals surface area contributed by atoms with Crippen LogP contribution in [0.2, 0.25) is 0 Å². The van der Waals surface area contributed by atoms with Crippen molar-refractivity contribution in [2.24, 2.45) is 17.8 Å². The molecule has 0 spiro atoms. The number of carbonyl (C=O) groups is 4. The van der Waals surface area contributed by atoms with Crippen LogP contribution >= 0.6 is 23.2 Å². The molecule has 1 aromatic carbocycles. The van der Waals surface area contributed by atoms with Crippen LogP contribution in [-0.2, 0) is 19.2 Å². The van der Waals surface area contributed by atoms with E-state index in [2.05, 4.69) is 0 Å². The monoisotopic (exact) mass is 548 g/mol. The van der Waals surface area contributed by atoms with Gasteiger partial charge in [0.15, 0.2) is 21.3 Å². The molecule has 0 unspecified atom stereocenters. The van der Waals surface area contributed by atoms with Crippen LogP contribution in [0.25, 0.3) is 0 Å². The van der Waals surface area contributed by atoms with Gasteiger partial charge in [0.2, 0.25) is 11.8 Å². The number of imide groups is 2. The molecule has 4 fully saturated rings. The molecule has 4 amide bonds. The highest BCUT2D eigenvalue weighted by Gasteiger charge is 2.76. The zero-order chi connectivity index (χ0) is 26.4. The van der Waals surface area contributed by atoms with Crippen LogP contribution < -0.4 is 0 Å². The van der Waals surface area contributed by atoms with Gasteiger partial charge in [-0.3, -0.25) is 29.0 Å². The number of rotatable bonds is 2. The molecule has 0 aromatic heterocycles. The quantitative estimate of drug-likeness (QED) is 0.344. The number of aromatic hydroxyl groups is 1. The number of halogens is 3. The summed E-state index contributed by atoms with van der Waals surface area (Å²) < 4.78 is 14.5. The first kappa shape index (κ1) is 24.9. The number of amides is 4. The van der Waals surface area contributed by atoms with Gasteiger partial charge in [-0.05, 0) is 49.3 Å². The van der Waals surface area contributed by atoms with Crippen LogP contribution in [0.4, 0.5) is 4.39 Å². The zero-order valence-electron chi connectivity index (χ0n) is 20.3. The summed E-state index contributed by atoms with van der Waals surface area (Å²) in [6.45, 7) is 0. The van der Waals surface area contributed by atoms with Gasteiger partial charge in [0.1, 0.15) is 0 Å². The smallest absolute Gasteiger partial charge is 0.253 e. The molecule has 5 aliphatic rings. The van der Waals surface area contributed by atoms with Crippen molar-refractivity contribution < 1.29 is 28.7 Å². The molecule has 196 valence electrons. The van der Waals surface area contributed by atoms with Gasteiger partial charge in [-0.1, -0.05) is 37.0 Å². The lowest BCUT2D eigenvalue weighted by molar-refractivity contribution is -0.144. The standard InChI is InChI=1S/C27H27Cl2FN2O5/c1-31-24(36)26(28)12-17-15(21(27(26,29)25(31)37)13-7-10-19(33)18(30)11-13)8-9-16-20(17)23(35)32(22(16)34)14-5-3-2-4-6-14/h7-8,10-11,14,16-17,20-21,33H,2-6,9,12H2,1H3/t16-,17+,20-,21-,26+,27-/m0/s1. The Balaban J connectivity index is 1.49. The fraction of sp³-hybridized carbons (Fsp3) is 0.556. The molecule has 2 saturated heterocycles. The van der Waals surface area contributed by atoms with Crippen molar-refractivity contribution >= 4 is 46.8 Å². The van der Waals surface area contributed by atoms with Crippen molar-refractivity contribution in [2.75, 3.05) is 7.05 Å². The first-order valence-electron chi connectivity index (χ1n) is 12.8. The Morgan fingerprint density at radius 2 is 1.70 bits per heavy atom. The maximum Gasteiger partial charge on any atom is 0.253 e. The van der Waals surface area contributed by atoms with Crippen LogP contribution in [0.5, 0.6) is 5.75 Å². The minimum Gasteiger partial charge on any atom is -0.505 e. The summed E-state index contributed by atoms with van der Waals surface area (Å²) in [5, 5.41) is 9.79. The average molecular weight is 549 g/mol. The number of alkyl halides is 2. The van der Waals surface area contributed by atoms with Crippen molar-refractivity contribution in [3.63, 3.8) is 0 Å². The number of benzene rings is 1. The predicted octanol–water partition coefficient (Wildman–Crippen LogP) is 3.85. The van der Waals surface area contributed by atoms with Gasteiger partial charge in [-0.25, -0.2) is 4.39 Å². The number of fused-ring (bicyclic) bond motifs is 4. The summed E-state index contributed by atoms with van der Waals surface area (Å²) in [5.74, 6) is -6.28. The topological polar surface area (TPSA) is 95.0 Å². The van der Waals surface area contributed by atoms with Crippen molar-refractivity contribution in [3.8, 4) is 5.75 Å². The SMILES string of the molecule is CN1C(=O)[C@]2(Cl)C[C@@H]3C(=CC[C@@H]4C(=O)N(C5CCCCC5)C(=O)[C@@H]43)[C@H](c3ccc(O)c(F)c3)[C@]2(Cl)C1=O. The normalized spacial score (nSPS) is 38.0. The molecule has 1 N–H and O–H groups in total. The minimum absolute atomic E-state index is 0.0887. The second-order valence-electron chi connectivity index (χ2n) is 11.0. The number of carbonyl (C=O) groups excluding carboxylic acids is 4. The van der Waals surface area contributed by atoms with E-state index < -0.39 is 56.8 Å². The molecule has 3 aliphatic carbocycles. The van der Waals surface area contributed by atoms with Crippen molar-refractivity contribution in [3.05, 3.63) is 41.2 Å². The first-order chi connectivity index (χ1) is 17.5. The summed E-state index contributed by atoms with van der Waals surface area (Å²) in [7, 11) is 1.31. The highest BCUT2D eigenvalue weighted by Crippen LogP contribution is 2.65. The fourth-order valence-electron chi connectivity index (χ4n) is 7.54. The highest BCUT2D eigenvalue weighted by atomic mass is 35.5. The van der Waals surface area contributed by atoms with Gasteiger partial charge >= 0.3 is 0 Å². The Hall–Kier alpha value is -2.45. The van der Waals surface area contributed by atoms with E-state index in [0.717, 1.165) is 49.1 Å². The Morgan fingerprint density at radius 1 is 1.00 bits per heavy atom. The molecule has 2 heterocycles. The third kappa shape index (κ3) is 3.11. The van der Waals surface area contributed by atoms with E-state index in [1.807, 2.05) is 6.08 Å². The molecular weight excluding hydrogens is 522 g/mol.